The molecule has 0 aliphatic rings. The lowest BCUT2D eigenvalue weighted by Crippen LogP contribution is -2.57. The van der Waals surface area contributed by atoms with Gasteiger partial charge in [0.1, 0.15) is 30.1 Å². The SMILES string of the molecule is NC(Cc1ccc(O)cc1)C(=O)NC(Cc1cnc[nH]1)C(=O)NC(Cc1ccc(O)cc1)C(=O)NCC(=O)O. The Labute approximate surface area is 223 Å². The number of aliphatic carboxylic acids is 1. The van der Waals surface area contributed by atoms with Gasteiger partial charge in [-0.05, 0) is 41.8 Å². The Morgan fingerprint density at radius 3 is 1.87 bits per heavy atom. The van der Waals surface area contributed by atoms with Gasteiger partial charge in [-0.3, -0.25) is 19.2 Å². The number of carbonyl (C=O) groups is 4. The van der Waals surface area contributed by atoms with Gasteiger partial charge in [0.05, 0.1) is 12.4 Å². The zero-order chi connectivity index (χ0) is 28.4. The van der Waals surface area contributed by atoms with Gasteiger partial charge in [0.2, 0.25) is 17.7 Å². The van der Waals surface area contributed by atoms with Gasteiger partial charge >= 0.3 is 5.97 Å². The zero-order valence-electron chi connectivity index (χ0n) is 20.8. The maximum absolute atomic E-state index is 13.4. The number of H-pyrrole nitrogens is 1. The Morgan fingerprint density at radius 2 is 1.33 bits per heavy atom. The molecule has 13 nitrogen and oxygen atoms in total. The zero-order valence-corrected chi connectivity index (χ0v) is 20.8. The average Bonchev–Trinajstić information content (AvgIpc) is 3.42. The van der Waals surface area contributed by atoms with E-state index in [1.807, 2.05) is 0 Å². The minimum atomic E-state index is -1.26. The van der Waals surface area contributed by atoms with Crippen molar-refractivity contribution < 1.29 is 34.5 Å². The highest BCUT2D eigenvalue weighted by Gasteiger charge is 2.29. The number of phenolic OH excluding ortho intramolecular Hbond substituents is 2. The summed E-state index contributed by atoms with van der Waals surface area (Å²) in [5.41, 5.74) is 7.90. The van der Waals surface area contributed by atoms with Crippen LogP contribution in [0.25, 0.3) is 0 Å². The van der Waals surface area contributed by atoms with Crippen LogP contribution in [0.3, 0.4) is 0 Å². The van der Waals surface area contributed by atoms with E-state index in [0.717, 1.165) is 0 Å². The van der Waals surface area contributed by atoms with Crippen LogP contribution in [0.4, 0.5) is 0 Å². The van der Waals surface area contributed by atoms with E-state index in [9.17, 15) is 29.4 Å². The van der Waals surface area contributed by atoms with E-state index in [2.05, 4.69) is 25.9 Å². The number of nitrogens with zero attached hydrogens (tertiary/aromatic N) is 1. The van der Waals surface area contributed by atoms with Crippen molar-refractivity contribution in [3.8, 4) is 11.5 Å². The molecule has 0 fully saturated rings. The van der Waals surface area contributed by atoms with E-state index in [1.165, 1.54) is 36.8 Å². The summed E-state index contributed by atoms with van der Waals surface area (Å²) in [5.74, 6) is -3.24. The van der Waals surface area contributed by atoms with E-state index < -0.39 is 48.4 Å². The molecule has 0 spiro atoms. The highest BCUT2D eigenvalue weighted by atomic mass is 16.4. The predicted octanol–water partition coefficient (Wildman–Crippen LogP) is -0.653. The molecular formula is C26H30N6O7. The molecule has 39 heavy (non-hydrogen) atoms. The van der Waals surface area contributed by atoms with Crippen LogP contribution in [0, 0.1) is 0 Å². The lowest BCUT2D eigenvalue weighted by molar-refractivity contribution is -0.138. The lowest BCUT2D eigenvalue weighted by atomic mass is 10.0. The van der Waals surface area contributed by atoms with Gasteiger partial charge in [-0.15, -0.1) is 0 Å². The van der Waals surface area contributed by atoms with Crippen molar-refractivity contribution in [1.29, 1.82) is 0 Å². The fraction of sp³-hybridized carbons (Fsp3) is 0.269. The van der Waals surface area contributed by atoms with Gasteiger partial charge in [-0.25, -0.2) is 4.98 Å². The first kappa shape index (κ1) is 28.7. The molecule has 0 saturated heterocycles. The molecule has 1 aromatic heterocycles. The van der Waals surface area contributed by atoms with Crippen LogP contribution in [0.5, 0.6) is 11.5 Å². The van der Waals surface area contributed by atoms with E-state index >= 15 is 0 Å². The largest absolute Gasteiger partial charge is 0.508 e. The number of aromatic amines is 1. The fourth-order valence-electron chi connectivity index (χ4n) is 3.72. The monoisotopic (exact) mass is 538 g/mol. The first-order chi connectivity index (χ1) is 18.6. The van der Waals surface area contributed by atoms with Crippen molar-refractivity contribution in [1.82, 2.24) is 25.9 Å². The predicted molar refractivity (Wildman–Crippen MR) is 138 cm³/mol. The fourth-order valence-corrected chi connectivity index (χ4v) is 3.72. The number of nitrogens with two attached hydrogens (primary N) is 1. The number of nitrogens with one attached hydrogen (secondary N) is 4. The number of amides is 3. The minimum absolute atomic E-state index is 0.00613. The van der Waals surface area contributed by atoms with E-state index in [0.29, 0.717) is 16.8 Å². The molecule has 13 heteroatoms. The van der Waals surface area contributed by atoms with Crippen molar-refractivity contribution in [3.63, 3.8) is 0 Å². The topological polar surface area (TPSA) is 220 Å². The molecule has 0 aliphatic heterocycles. The summed E-state index contributed by atoms with van der Waals surface area (Å²) in [4.78, 5) is 56.8. The Morgan fingerprint density at radius 1 is 0.795 bits per heavy atom. The third-order valence-corrected chi connectivity index (χ3v) is 5.76. The first-order valence-corrected chi connectivity index (χ1v) is 12.0. The maximum atomic E-state index is 13.4. The molecule has 3 atom stereocenters. The van der Waals surface area contributed by atoms with Crippen LogP contribution >= 0.6 is 0 Å². The second-order valence-electron chi connectivity index (χ2n) is 8.86. The molecule has 2 aromatic carbocycles. The number of aromatic hydroxyl groups is 2. The molecule has 3 aromatic rings. The van der Waals surface area contributed by atoms with Crippen LogP contribution in [0.15, 0.2) is 61.1 Å². The number of carboxylic acids is 1. The van der Waals surface area contributed by atoms with E-state index in [1.54, 1.807) is 24.3 Å². The number of carbonyl (C=O) groups excluding carboxylic acids is 3. The van der Waals surface area contributed by atoms with Gasteiger partial charge < -0.3 is 42.0 Å². The number of phenols is 2. The normalized spacial score (nSPS) is 13.1. The van der Waals surface area contributed by atoms with Gasteiger partial charge in [0, 0.05) is 24.7 Å². The summed E-state index contributed by atoms with van der Waals surface area (Å²) in [7, 11) is 0. The standard InChI is InChI=1S/C26H30N6O7/c27-20(9-15-1-5-18(33)6-2-15)24(37)31-22(11-17-12-28-14-30-17)26(39)32-21(25(38)29-13-23(35)36)10-16-3-7-19(34)8-4-16/h1-8,12,14,20-22,33-34H,9-11,13,27H2,(H,28,30)(H,29,38)(H,31,37)(H,32,39)(H,35,36). The van der Waals surface area contributed by atoms with Crippen molar-refractivity contribution in [3.05, 3.63) is 77.9 Å². The van der Waals surface area contributed by atoms with E-state index in [4.69, 9.17) is 10.8 Å². The number of rotatable bonds is 13. The summed E-state index contributed by atoms with van der Waals surface area (Å²) in [6.07, 6.45) is 3.03. The summed E-state index contributed by atoms with van der Waals surface area (Å²) < 4.78 is 0. The van der Waals surface area contributed by atoms with Crippen molar-refractivity contribution in [2.45, 2.75) is 37.4 Å². The van der Waals surface area contributed by atoms with Crippen LogP contribution in [0.2, 0.25) is 0 Å². The number of imidazole rings is 1. The molecule has 3 rings (SSSR count). The third kappa shape index (κ3) is 9.16. The molecule has 9 N–H and O–H groups in total. The molecule has 1 heterocycles. The number of aromatic nitrogens is 2. The maximum Gasteiger partial charge on any atom is 0.322 e. The molecule has 0 radical (unpaired) electrons. The van der Waals surface area contributed by atoms with Gasteiger partial charge in [0.15, 0.2) is 0 Å². The molecule has 0 aliphatic carbocycles. The quantitative estimate of drug-likeness (QED) is 0.138. The highest BCUT2D eigenvalue weighted by Crippen LogP contribution is 2.13. The molecular weight excluding hydrogens is 508 g/mol. The van der Waals surface area contributed by atoms with Gasteiger partial charge in [0.25, 0.3) is 0 Å². The Balaban J connectivity index is 1.75. The molecule has 206 valence electrons. The molecule has 0 bridgehead atoms. The number of hydrogen-bond acceptors (Lipinski definition) is 8. The summed E-state index contributed by atoms with van der Waals surface area (Å²) in [5, 5.41) is 35.4. The second kappa shape index (κ2) is 13.6. The van der Waals surface area contributed by atoms with Crippen molar-refractivity contribution in [2.75, 3.05) is 6.54 Å². The van der Waals surface area contributed by atoms with Crippen LogP contribution in [0.1, 0.15) is 16.8 Å². The highest BCUT2D eigenvalue weighted by molar-refractivity contribution is 5.94. The van der Waals surface area contributed by atoms with Crippen molar-refractivity contribution >= 4 is 23.7 Å². The average molecular weight is 539 g/mol. The smallest absolute Gasteiger partial charge is 0.322 e. The van der Waals surface area contributed by atoms with Gasteiger partial charge in [-0.2, -0.15) is 0 Å². The number of hydrogen-bond donors (Lipinski definition) is 8. The summed E-state index contributed by atoms with van der Waals surface area (Å²) >= 11 is 0. The molecule has 3 unspecified atom stereocenters. The number of benzene rings is 2. The number of carboxylic acid groups (broad SMARTS) is 1. The Bertz CT molecular complexity index is 1260. The summed E-state index contributed by atoms with van der Waals surface area (Å²) in [6, 6.07) is 8.79. The van der Waals surface area contributed by atoms with Crippen molar-refractivity contribution in [2.24, 2.45) is 5.73 Å². The first-order valence-electron chi connectivity index (χ1n) is 12.0. The lowest BCUT2D eigenvalue weighted by Gasteiger charge is -2.24. The van der Waals surface area contributed by atoms with Crippen LogP contribution in [-0.2, 0) is 38.4 Å². The van der Waals surface area contributed by atoms with E-state index in [-0.39, 0.29) is 30.8 Å². The van der Waals surface area contributed by atoms with Crippen LogP contribution < -0.4 is 21.7 Å². The molecule has 0 saturated carbocycles. The Hall–Kier alpha value is -4.91. The second-order valence-corrected chi connectivity index (χ2v) is 8.86. The Kier molecular flexibility index (Phi) is 9.98. The van der Waals surface area contributed by atoms with Gasteiger partial charge in [-0.1, -0.05) is 24.3 Å². The summed E-state index contributed by atoms with van der Waals surface area (Å²) in [6.45, 7) is -0.652. The molecule has 3 amide bonds. The third-order valence-electron chi connectivity index (χ3n) is 5.76. The van der Waals surface area contributed by atoms with Crippen LogP contribution in [-0.4, -0.2) is 73.6 Å². The minimum Gasteiger partial charge on any atom is -0.508 e.